The number of hydrogen-bond donors (Lipinski definition) is 2. The van der Waals surface area contributed by atoms with Crippen molar-refractivity contribution in [1.29, 1.82) is 0 Å². The van der Waals surface area contributed by atoms with Crippen LogP contribution in [-0.2, 0) is 14.4 Å². The smallest absolute Gasteiger partial charge is 0.307 e. The van der Waals surface area contributed by atoms with Crippen LogP contribution in [0, 0.1) is 34.5 Å². The lowest BCUT2D eigenvalue weighted by Gasteiger charge is -2.55. The molecule has 4 unspecified atom stereocenters. The zero-order valence-electron chi connectivity index (χ0n) is 14.3. The summed E-state index contributed by atoms with van der Waals surface area (Å²) in [5, 5.41) is 12.6. The molecule has 4 aliphatic rings. The normalized spacial score (nSPS) is 47.2. The first-order chi connectivity index (χ1) is 11.3. The monoisotopic (exact) mass is 331 g/mol. The Hall–Kier alpha value is -1.65. The number of carboxylic acids is 1. The number of aliphatic carboxylic acids is 1. The molecule has 5 heteroatoms. The van der Waals surface area contributed by atoms with E-state index in [-0.39, 0.29) is 34.9 Å². The highest BCUT2D eigenvalue weighted by molar-refractivity contribution is 5.87. The van der Waals surface area contributed by atoms with Gasteiger partial charge in [0.25, 0.3) is 0 Å². The number of fused-ring (bicyclic) bond motifs is 5. The van der Waals surface area contributed by atoms with Crippen molar-refractivity contribution in [3.05, 3.63) is 11.8 Å². The molecule has 3 aliphatic carbocycles. The van der Waals surface area contributed by atoms with Gasteiger partial charge in [0.15, 0.2) is 0 Å². The number of Topliss-reactive ketones (excluding diaryl/α,β-unsaturated/α-hetero) is 1. The second-order valence-corrected chi connectivity index (χ2v) is 8.68. The van der Waals surface area contributed by atoms with E-state index in [1.807, 2.05) is 6.92 Å². The number of amides is 1. The van der Waals surface area contributed by atoms with Crippen LogP contribution in [0.2, 0.25) is 0 Å². The second-order valence-electron chi connectivity index (χ2n) is 8.68. The minimum atomic E-state index is -0.755. The lowest BCUT2D eigenvalue weighted by Crippen LogP contribution is -2.57. The van der Waals surface area contributed by atoms with E-state index in [4.69, 9.17) is 0 Å². The van der Waals surface area contributed by atoms with E-state index >= 15 is 0 Å². The molecule has 0 aromatic heterocycles. The van der Waals surface area contributed by atoms with E-state index in [9.17, 15) is 19.5 Å². The van der Waals surface area contributed by atoms with Crippen LogP contribution in [0.3, 0.4) is 0 Å². The summed E-state index contributed by atoms with van der Waals surface area (Å²) in [6.45, 7) is 4.13. The topological polar surface area (TPSA) is 83.5 Å². The van der Waals surface area contributed by atoms with Gasteiger partial charge in [-0.1, -0.05) is 19.9 Å². The third-order valence-corrected chi connectivity index (χ3v) is 7.60. The molecule has 2 N–H and O–H groups in total. The highest BCUT2D eigenvalue weighted by Crippen LogP contribution is 2.64. The standard InChI is InChI=1S/C19H25NO4/c1-18-8-7-15(22)20-14(18)6-3-10-11-4-5-12(17(23)24)19(11,2)9-13(21)16(10)18/h6,10-12,16H,3-5,7-9H2,1-2H3,(H,20,22)(H,23,24)/t10?,11?,12?,16?,18-,19-/m0/s1. The van der Waals surface area contributed by atoms with Crippen LogP contribution in [0.4, 0.5) is 0 Å². The molecule has 5 nitrogen and oxygen atoms in total. The zero-order valence-corrected chi connectivity index (χ0v) is 14.3. The molecule has 0 aromatic rings. The van der Waals surface area contributed by atoms with Gasteiger partial charge in [-0.25, -0.2) is 0 Å². The van der Waals surface area contributed by atoms with Crippen LogP contribution >= 0.6 is 0 Å². The average Bonchev–Trinajstić information content (AvgIpc) is 2.84. The van der Waals surface area contributed by atoms with Gasteiger partial charge < -0.3 is 10.4 Å². The summed E-state index contributed by atoms with van der Waals surface area (Å²) < 4.78 is 0. The van der Waals surface area contributed by atoms with Crippen molar-refractivity contribution in [2.24, 2.45) is 34.5 Å². The molecule has 6 atom stereocenters. The number of carbonyl (C=O) groups is 3. The predicted octanol–water partition coefficient (Wildman–Crippen LogP) is 2.51. The van der Waals surface area contributed by atoms with Crippen LogP contribution in [0.1, 0.15) is 52.4 Å². The molecule has 0 bridgehead atoms. The van der Waals surface area contributed by atoms with Crippen molar-refractivity contribution in [2.45, 2.75) is 52.4 Å². The van der Waals surface area contributed by atoms with Gasteiger partial charge in [0.1, 0.15) is 5.78 Å². The Morgan fingerprint density at radius 1 is 1.29 bits per heavy atom. The summed E-state index contributed by atoms with van der Waals surface area (Å²) in [7, 11) is 0. The van der Waals surface area contributed by atoms with Gasteiger partial charge in [-0.3, -0.25) is 14.4 Å². The number of rotatable bonds is 1. The maximum atomic E-state index is 13.2. The zero-order chi connectivity index (χ0) is 17.3. The Morgan fingerprint density at radius 3 is 2.75 bits per heavy atom. The lowest BCUT2D eigenvalue weighted by atomic mass is 9.48. The van der Waals surface area contributed by atoms with Crippen molar-refractivity contribution >= 4 is 17.7 Å². The molecule has 1 saturated heterocycles. The van der Waals surface area contributed by atoms with Gasteiger partial charge in [-0.05, 0) is 42.9 Å². The fourth-order valence-corrected chi connectivity index (χ4v) is 6.44. The fraction of sp³-hybridized carbons (Fsp3) is 0.737. The van der Waals surface area contributed by atoms with Crippen molar-refractivity contribution in [3.8, 4) is 0 Å². The maximum absolute atomic E-state index is 13.2. The molecule has 2 saturated carbocycles. The van der Waals surface area contributed by atoms with Crippen LogP contribution < -0.4 is 5.32 Å². The average molecular weight is 331 g/mol. The molecule has 130 valence electrons. The number of piperidine rings is 1. The molecule has 1 aliphatic heterocycles. The number of nitrogens with one attached hydrogen (secondary N) is 1. The van der Waals surface area contributed by atoms with Gasteiger partial charge in [0, 0.05) is 29.9 Å². The van der Waals surface area contributed by atoms with E-state index in [1.54, 1.807) is 0 Å². The summed E-state index contributed by atoms with van der Waals surface area (Å²) in [6.07, 6.45) is 5.99. The Morgan fingerprint density at radius 2 is 2.04 bits per heavy atom. The molecule has 1 heterocycles. The van der Waals surface area contributed by atoms with Crippen molar-refractivity contribution < 1.29 is 19.5 Å². The summed E-state index contributed by atoms with van der Waals surface area (Å²) in [4.78, 5) is 36.6. The van der Waals surface area contributed by atoms with E-state index in [2.05, 4.69) is 18.3 Å². The van der Waals surface area contributed by atoms with Crippen molar-refractivity contribution in [2.75, 3.05) is 0 Å². The molecule has 3 fully saturated rings. The quantitative estimate of drug-likeness (QED) is 0.773. The van der Waals surface area contributed by atoms with Crippen LogP contribution in [-0.4, -0.2) is 22.8 Å². The predicted molar refractivity (Wildman–Crippen MR) is 86.7 cm³/mol. The molecule has 1 amide bonds. The Balaban J connectivity index is 1.74. The SMILES string of the molecule is C[C@]12CC(=O)C3C(CC=C4NC(=O)CC[C@@]43C)C1CCC2C(=O)O. The number of ketones is 1. The highest BCUT2D eigenvalue weighted by Gasteiger charge is 2.63. The van der Waals surface area contributed by atoms with Gasteiger partial charge in [0.2, 0.25) is 5.91 Å². The van der Waals surface area contributed by atoms with Crippen LogP contribution in [0.15, 0.2) is 11.8 Å². The number of carbonyl (C=O) groups excluding carboxylic acids is 2. The Kier molecular flexibility index (Phi) is 3.26. The molecule has 4 rings (SSSR count). The first-order valence-corrected chi connectivity index (χ1v) is 9.03. The number of allylic oxidation sites excluding steroid dienone is 2. The van der Waals surface area contributed by atoms with Gasteiger partial charge in [0.05, 0.1) is 5.92 Å². The Bertz CT molecular complexity index is 668. The number of carboxylic acid groups (broad SMARTS) is 1. The minimum Gasteiger partial charge on any atom is -0.481 e. The third kappa shape index (κ3) is 1.90. The third-order valence-electron chi connectivity index (χ3n) is 7.60. The van der Waals surface area contributed by atoms with Crippen molar-refractivity contribution in [1.82, 2.24) is 5.32 Å². The molecule has 0 aromatic carbocycles. The summed E-state index contributed by atoms with van der Waals surface area (Å²) >= 11 is 0. The molecule has 0 radical (unpaired) electrons. The van der Waals surface area contributed by atoms with E-state index < -0.39 is 17.3 Å². The number of hydrogen-bond acceptors (Lipinski definition) is 3. The molecular formula is C19H25NO4. The van der Waals surface area contributed by atoms with E-state index in [1.165, 1.54) is 0 Å². The van der Waals surface area contributed by atoms with Crippen LogP contribution in [0.5, 0.6) is 0 Å². The lowest BCUT2D eigenvalue weighted by molar-refractivity contribution is -0.154. The second kappa shape index (κ2) is 4.93. The minimum absolute atomic E-state index is 0.0390. The van der Waals surface area contributed by atoms with Gasteiger partial charge >= 0.3 is 5.97 Å². The van der Waals surface area contributed by atoms with Gasteiger partial charge in [-0.2, -0.15) is 0 Å². The molecule has 24 heavy (non-hydrogen) atoms. The van der Waals surface area contributed by atoms with E-state index in [0.717, 1.165) is 18.5 Å². The Labute approximate surface area is 141 Å². The van der Waals surface area contributed by atoms with Crippen LogP contribution in [0.25, 0.3) is 0 Å². The van der Waals surface area contributed by atoms with E-state index in [0.29, 0.717) is 25.7 Å². The molecular weight excluding hydrogens is 306 g/mol. The first kappa shape index (κ1) is 15.9. The van der Waals surface area contributed by atoms with Crippen molar-refractivity contribution in [3.63, 3.8) is 0 Å². The summed E-state index contributed by atoms with van der Waals surface area (Å²) in [5.41, 5.74) is 0.213. The fourth-order valence-electron chi connectivity index (χ4n) is 6.44. The highest BCUT2D eigenvalue weighted by atomic mass is 16.4. The maximum Gasteiger partial charge on any atom is 0.307 e. The van der Waals surface area contributed by atoms with Gasteiger partial charge in [-0.15, -0.1) is 0 Å². The molecule has 0 spiro atoms. The summed E-state index contributed by atoms with van der Waals surface area (Å²) in [5.74, 6) is -0.499. The summed E-state index contributed by atoms with van der Waals surface area (Å²) in [6, 6.07) is 0. The largest absolute Gasteiger partial charge is 0.481 e. The first-order valence-electron chi connectivity index (χ1n) is 9.03.